The number of aryl methyl sites for hydroxylation is 1. The number of thiazole rings is 1. The molecular weight excluding hydrogens is 354 g/mol. The lowest BCUT2D eigenvalue weighted by Crippen LogP contribution is -2.12. The van der Waals surface area contributed by atoms with Crippen molar-refractivity contribution in [2.75, 3.05) is 7.11 Å². The second-order valence-electron chi connectivity index (χ2n) is 5.38. The van der Waals surface area contributed by atoms with Gasteiger partial charge in [0.15, 0.2) is 4.80 Å². The molecule has 26 heavy (non-hydrogen) atoms. The quantitative estimate of drug-likeness (QED) is 0.401. The van der Waals surface area contributed by atoms with Crippen LogP contribution in [0.3, 0.4) is 0 Å². The van der Waals surface area contributed by atoms with Gasteiger partial charge in [-0.1, -0.05) is 17.4 Å². The van der Waals surface area contributed by atoms with Crippen LogP contribution in [-0.2, 0) is 11.8 Å². The van der Waals surface area contributed by atoms with E-state index >= 15 is 0 Å². The highest BCUT2D eigenvalue weighted by molar-refractivity contribution is 7.16. The molecule has 0 saturated carbocycles. The third-order valence-corrected chi connectivity index (χ3v) is 4.83. The fourth-order valence-electron chi connectivity index (χ4n) is 2.45. The summed E-state index contributed by atoms with van der Waals surface area (Å²) in [5.41, 5.74) is 1.57. The van der Waals surface area contributed by atoms with Crippen molar-refractivity contribution >= 4 is 39.2 Å². The first kappa shape index (κ1) is 17.6. The van der Waals surface area contributed by atoms with E-state index in [1.165, 1.54) is 29.5 Å². The van der Waals surface area contributed by atoms with E-state index < -0.39 is 10.8 Å². The van der Waals surface area contributed by atoms with Gasteiger partial charge >= 0.3 is 0 Å². The Morgan fingerprint density at radius 1 is 1.27 bits per heavy atom. The predicted octanol–water partition coefficient (Wildman–Crippen LogP) is 3.30. The number of ether oxygens (including phenoxy) is 1. The normalized spacial score (nSPS) is 12.0. The molecule has 0 aliphatic rings. The van der Waals surface area contributed by atoms with E-state index in [0.717, 1.165) is 16.0 Å². The number of nitro groups is 1. The predicted molar refractivity (Wildman–Crippen MR) is 100 cm³/mol. The van der Waals surface area contributed by atoms with Gasteiger partial charge < -0.3 is 9.30 Å². The van der Waals surface area contributed by atoms with Crippen molar-refractivity contribution in [2.24, 2.45) is 12.0 Å². The Hall–Kier alpha value is -3.26. The number of hydrogen-bond donors (Lipinski definition) is 0. The molecule has 0 aliphatic heterocycles. The third kappa shape index (κ3) is 3.55. The van der Waals surface area contributed by atoms with Gasteiger partial charge in [-0.15, -0.1) is 0 Å². The summed E-state index contributed by atoms with van der Waals surface area (Å²) in [5.74, 6) is 0.307. The number of fused-ring (bicyclic) bond motifs is 1. The average Bonchev–Trinajstić information content (AvgIpc) is 2.96. The van der Waals surface area contributed by atoms with E-state index in [4.69, 9.17) is 4.74 Å². The lowest BCUT2D eigenvalue weighted by atomic mass is 10.2. The number of amides is 1. The molecule has 1 amide bonds. The maximum absolute atomic E-state index is 12.1. The van der Waals surface area contributed by atoms with E-state index in [9.17, 15) is 14.9 Å². The SMILES string of the molecule is COc1cccc2sc(=NC(=O)C=Cc3ccc([N+](=O)[O-])cc3)n(C)c12. The Balaban J connectivity index is 1.88. The first-order chi connectivity index (χ1) is 12.5. The van der Waals surface area contributed by atoms with Gasteiger partial charge in [0.1, 0.15) is 11.3 Å². The van der Waals surface area contributed by atoms with E-state index in [-0.39, 0.29) is 5.69 Å². The van der Waals surface area contributed by atoms with Crippen LogP contribution in [0.25, 0.3) is 16.3 Å². The topological polar surface area (TPSA) is 86.7 Å². The number of carbonyl (C=O) groups excluding carboxylic acids is 1. The Labute approximate surface area is 152 Å². The van der Waals surface area contributed by atoms with Crippen molar-refractivity contribution in [3.8, 4) is 5.75 Å². The van der Waals surface area contributed by atoms with Crippen LogP contribution in [0.4, 0.5) is 5.69 Å². The second kappa shape index (κ2) is 7.32. The van der Waals surface area contributed by atoms with Gasteiger partial charge in [-0.2, -0.15) is 4.99 Å². The zero-order chi connectivity index (χ0) is 18.7. The first-order valence-electron chi connectivity index (χ1n) is 7.63. The lowest BCUT2D eigenvalue weighted by Gasteiger charge is -2.02. The molecule has 132 valence electrons. The van der Waals surface area contributed by atoms with Crippen molar-refractivity contribution in [3.05, 3.63) is 69.0 Å². The summed E-state index contributed by atoms with van der Waals surface area (Å²) in [5, 5.41) is 10.6. The van der Waals surface area contributed by atoms with Crippen molar-refractivity contribution in [3.63, 3.8) is 0 Å². The summed E-state index contributed by atoms with van der Waals surface area (Å²) in [7, 11) is 3.43. The number of para-hydroxylation sites is 1. The molecule has 0 unspecified atom stereocenters. The minimum absolute atomic E-state index is 0.00408. The number of carbonyl (C=O) groups is 1. The molecule has 3 aromatic rings. The zero-order valence-electron chi connectivity index (χ0n) is 14.1. The van der Waals surface area contributed by atoms with Gasteiger partial charge in [0, 0.05) is 25.3 Å². The van der Waals surface area contributed by atoms with Crippen LogP contribution in [0.1, 0.15) is 5.56 Å². The molecule has 0 bridgehead atoms. The lowest BCUT2D eigenvalue weighted by molar-refractivity contribution is -0.384. The number of benzene rings is 2. The minimum Gasteiger partial charge on any atom is -0.495 e. The molecule has 3 rings (SSSR count). The van der Waals surface area contributed by atoms with Gasteiger partial charge in [0.2, 0.25) is 0 Å². The molecule has 8 heteroatoms. The van der Waals surface area contributed by atoms with E-state index in [0.29, 0.717) is 10.4 Å². The molecule has 7 nitrogen and oxygen atoms in total. The van der Waals surface area contributed by atoms with Crippen molar-refractivity contribution in [2.45, 2.75) is 0 Å². The smallest absolute Gasteiger partial charge is 0.272 e. The first-order valence-corrected chi connectivity index (χ1v) is 8.45. The minimum atomic E-state index is -0.469. The van der Waals surface area contributed by atoms with Crippen molar-refractivity contribution in [1.29, 1.82) is 0 Å². The Kier molecular flexibility index (Phi) is 4.94. The maximum Gasteiger partial charge on any atom is 0.272 e. The van der Waals surface area contributed by atoms with Crippen LogP contribution in [0, 0.1) is 10.1 Å². The standard InChI is InChI=1S/C18H15N3O4S/c1-20-17-14(25-2)4-3-5-15(17)26-18(20)19-16(22)11-8-12-6-9-13(10-7-12)21(23)24/h3-11H,1-2H3. The van der Waals surface area contributed by atoms with Crippen LogP contribution in [0.15, 0.2) is 53.5 Å². The van der Waals surface area contributed by atoms with Crippen LogP contribution in [-0.4, -0.2) is 22.5 Å². The highest BCUT2D eigenvalue weighted by Crippen LogP contribution is 2.26. The summed E-state index contributed by atoms with van der Waals surface area (Å²) < 4.78 is 8.14. The number of aromatic nitrogens is 1. The molecule has 2 aromatic carbocycles. The molecule has 1 heterocycles. The third-order valence-electron chi connectivity index (χ3n) is 3.73. The Bertz CT molecular complexity index is 1080. The number of nitrogens with zero attached hydrogens (tertiary/aromatic N) is 3. The van der Waals surface area contributed by atoms with Gasteiger partial charge in [-0.25, -0.2) is 0 Å². The van der Waals surface area contributed by atoms with E-state index in [2.05, 4.69) is 4.99 Å². The highest BCUT2D eigenvalue weighted by Gasteiger charge is 2.09. The van der Waals surface area contributed by atoms with E-state index in [1.807, 2.05) is 29.8 Å². The molecular formula is C18H15N3O4S. The molecule has 0 N–H and O–H groups in total. The molecule has 0 spiro atoms. The van der Waals surface area contributed by atoms with Crippen molar-refractivity contribution < 1.29 is 14.5 Å². The number of non-ortho nitro benzene ring substituents is 1. The fourth-order valence-corrected chi connectivity index (χ4v) is 3.49. The number of rotatable bonds is 4. The summed E-state index contributed by atoms with van der Waals surface area (Å²) in [4.78, 5) is 27.0. The number of hydrogen-bond acceptors (Lipinski definition) is 5. The van der Waals surface area contributed by atoms with Crippen LogP contribution < -0.4 is 9.54 Å². The van der Waals surface area contributed by atoms with Gasteiger partial charge in [0.25, 0.3) is 11.6 Å². The van der Waals surface area contributed by atoms with Crippen molar-refractivity contribution in [1.82, 2.24) is 4.57 Å². The van der Waals surface area contributed by atoms with Gasteiger partial charge in [0.05, 0.1) is 16.7 Å². The monoisotopic (exact) mass is 369 g/mol. The molecule has 0 radical (unpaired) electrons. The zero-order valence-corrected chi connectivity index (χ0v) is 14.9. The molecule has 1 aromatic heterocycles. The maximum atomic E-state index is 12.1. The van der Waals surface area contributed by atoms with Crippen LogP contribution >= 0.6 is 11.3 Å². The summed E-state index contributed by atoms with van der Waals surface area (Å²) in [6.45, 7) is 0. The van der Waals surface area contributed by atoms with Crippen LogP contribution in [0.2, 0.25) is 0 Å². The van der Waals surface area contributed by atoms with Gasteiger partial charge in [-0.05, 0) is 35.9 Å². The molecule has 0 atom stereocenters. The molecule has 0 fully saturated rings. The summed E-state index contributed by atoms with van der Waals surface area (Å²) in [6.07, 6.45) is 2.91. The highest BCUT2D eigenvalue weighted by atomic mass is 32.1. The van der Waals surface area contributed by atoms with Crippen LogP contribution in [0.5, 0.6) is 5.75 Å². The fraction of sp³-hybridized carbons (Fsp3) is 0.111. The van der Waals surface area contributed by atoms with E-state index in [1.54, 1.807) is 25.3 Å². The summed E-state index contributed by atoms with van der Waals surface area (Å²) >= 11 is 1.40. The largest absolute Gasteiger partial charge is 0.495 e. The number of nitro benzene ring substituents is 1. The average molecular weight is 369 g/mol. The Morgan fingerprint density at radius 2 is 2.00 bits per heavy atom. The second-order valence-corrected chi connectivity index (χ2v) is 6.39. The molecule has 0 aliphatic carbocycles. The molecule has 0 saturated heterocycles. The number of methoxy groups -OCH3 is 1. The summed E-state index contributed by atoms with van der Waals surface area (Å²) in [6, 6.07) is 11.6. The Morgan fingerprint density at radius 3 is 2.65 bits per heavy atom. The van der Waals surface area contributed by atoms with Gasteiger partial charge in [-0.3, -0.25) is 14.9 Å².